The summed E-state index contributed by atoms with van der Waals surface area (Å²) < 4.78 is 27.7. The van der Waals surface area contributed by atoms with Crippen molar-refractivity contribution in [2.24, 2.45) is 0 Å². The molecule has 2 aromatic carbocycles. The maximum absolute atomic E-state index is 12.6. The molecule has 0 unspecified atom stereocenters. The lowest BCUT2D eigenvalue weighted by Crippen LogP contribution is -2.31. The molecule has 0 saturated carbocycles. The first-order valence-corrected chi connectivity index (χ1v) is 9.54. The highest BCUT2D eigenvalue weighted by atomic mass is 32.2. The predicted molar refractivity (Wildman–Crippen MR) is 99.7 cm³/mol. The van der Waals surface area contributed by atoms with Crippen LogP contribution in [0.25, 0.3) is 0 Å². The molecule has 2 amide bonds. The van der Waals surface area contributed by atoms with Crippen LogP contribution in [0.5, 0.6) is 0 Å². The van der Waals surface area contributed by atoms with E-state index in [1.807, 2.05) is 0 Å². The minimum atomic E-state index is -3.75. The van der Waals surface area contributed by atoms with E-state index in [0.29, 0.717) is 24.2 Å². The molecule has 26 heavy (non-hydrogen) atoms. The summed E-state index contributed by atoms with van der Waals surface area (Å²) >= 11 is 0. The normalized spacial score (nSPS) is 13.9. The van der Waals surface area contributed by atoms with E-state index >= 15 is 0 Å². The van der Waals surface area contributed by atoms with Crippen LogP contribution in [0.2, 0.25) is 0 Å². The molecule has 0 aliphatic carbocycles. The molecule has 7 nitrogen and oxygen atoms in total. The Morgan fingerprint density at radius 2 is 1.69 bits per heavy atom. The smallest absolute Gasteiger partial charge is 0.261 e. The average Bonchev–Trinajstić information content (AvgIpc) is 2.58. The summed E-state index contributed by atoms with van der Waals surface area (Å²) in [5.41, 5.74) is 2.69. The zero-order valence-electron chi connectivity index (χ0n) is 14.4. The van der Waals surface area contributed by atoms with E-state index in [-0.39, 0.29) is 16.7 Å². The highest BCUT2D eigenvalue weighted by Gasteiger charge is 2.22. The number of aryl methyl sites for hydroxylation is 1. The summed E-state index contributed by atoms with van der Waals surface area (Å²) in [5.74, 6) is -0.179. The number of amides is 2. The minimum absolute atomic E-state index is 0.0464. The minimum Gasteiger partial charge on any atom is -0.326 e. The molecule has 8 heteroatoms. The van der Waals surface area contributed by atoms with Gasteiger partial charge in [-0.15, -0.1) is 0 Å². The molecule has 2 aromatic rings. The van der Waals surface area contributed by atoms with Crippen LogP contribution < -0.4 is 14.9 Å². The van der Waals surface area contributed by atoms with E-state index in [1.54, 1.807) is 30.1 Å². The summed E-state index contributed by atoms with van der Waals surface area (Å²) in [5, 5.41) is 2.59. The number of hydrogen-bond donors (Lipinski definition) is 2. The molecule has 1 aliphatic rings. The van der Waals surface area contributed by atoms with Gasteiger partial charge in [-0.25, -0.2) is 8.42 Å². The Balaban J connectivity index is 1.81. The Bertz CT molecular complexity index is 968. The number of rotatable bonds is 4. The van der Waals surface area contributed by atoms with Crippen LogP contribution in [0.1, 0.15) is 18.9 Å². The third-order valence-corrected chi connectivity index (χ3v) is 5.56. The lowest BCUT2D eigenvalue weighted by molar-refractivity contribution is -0.118. The molecule has 0 fully saturated rings. The second-order valence-electron chi connectivity index (χ2n) is 6.11. The van der Waals surface area contributed by atoms with E-state index in [2.05, 4.69) is 10.0 Å². The number of nitrogens with one attached hydrogen (secondary N) is 2. The van der Waals surface area contributed by atoms with Crippen molar-refractivity contribution in [2.45, 2.75) is 24.7 Å². The second kappa shape index (κ2) is 6.80. The molecule has 3 rings (SSSR count). The molecule has 0 saturated heterocycles. The van der Waals surface area contributed by atoms with Gasteiger partial charge in [-0.1, -0.05) is 0 Å². The predicted octanol–water partition coefficient (Wildman–Crippen LogP) is 2.35. The fourth-order valence-corrected chi connectivity index (χ4v) is 3.90. The molecule has 0 spiro atoms. The number of carbonyl (C=O) groups is 2. The zero-order valence-corrected chi connectivity index (χ0v) is 15.3. The van der Waals surface area contributed by atoms with Gasteiger partial charge in [0.1, 0.15) is 0 Å². The van der Waals surface area contributed by atoms with Crippen LogP contribution >= 0.6 is 0 Å². The van der Waals surface area contributed by atoms with Crippen LogP contribution in [-0.2, 0) is 26.0 Å². The van der Waals surface area contributed by atoms with Crippen molar-refractivity contribution in [3.8, 4) is 0 Å². The number of carbonyl (C=O) groups excluding carboxylic acids is 2. The highest BCUT2D eigenvalue weighted by Crippen LogP contribution is 2.30. The first-order valence-electron chi connectivity index (χ1n) is 8.06. The summed E-state index contributed by atoms with van der Waals surface area (Å²) in [4.78, 5) is 24.4. The van der Waals surface area contributed by atoms with Crippen molar-refractivity contribution in [1.29, 1.82) is 0 Å². The summed E-state index contributed by atoms with van der Waals surface area (Å²) in [6.45, 7) is 1.38. The first-order chi connectivity index (χ1) is 12.3. The summed E-state index contributed by atoms with van der Waals surface area (Å²) in [6, 6.07) is 11.0. The van der Waals surface area contributed by atoms with E-state index < -0.39 is 10.0 Å². The Morgan fingerprint density at radius 3 is 2.35 bits per heavy atom. The van der Waals surface area contributed by atoms with Crippen LogP contribution in [0.3, 0.4) is 0 Å². The Morgan fingerprint density at radius 1 is 1.04 bits per heavy atom. The van der Waals surface area contributed by atoms with Gasteiger partial charge in [0.25, 0.3) is 10.0 Å². The van der Waals surface area contributed by atoms with E-state index in [1.165, 1.54) is 31.2 Å². The quantitative estimate of drug-likeness (QED) is 0.860. The van der Waals surface area contributed by atoms with Crippen LogP contribution in [0.4, 0.5) is 17.1 Å². The van der Waals surface area contributed by atoms with E-state index in [4.69, 9.17) is 0 Å². The standard InChI is InChI=1S/C18H19N3O4S/c1-12(22)19-14-4-7-16(8-5-14)26(24,25)20-15-6-9-17-13(11-15)3-10-18(23)21(17)2/h4-9,11,20H,3,10H2,1-2H3,(H,19,22). The van der Waals surface area contributed by atoms with Gasteiger partial charge in [-0.05, 0) is 54.4 Å². The topological polar surface area (TPSA) is 95.6 Å². The molecule has 0 atom stereocenters. The van der Waals surface area contributed by atoms with Crippen molar-refractivity contribution in [2.75, 3.05) is 22.0 Å². The average molecular weight is 373 g/mol. The molecule has 0 aromatic heterocycles. The Hall–Kier alpha value is -2.87. The van der Waals surface area contributed by atoms with Gasteiger partial charge in [0.15, 0.2) is 0 Å². The molecule has 0 bridgehead atoms. The van der Waals surface area contributed by atoms with Gasteiger partial charge < -0.3 is 10.2 Å². The van der Waals surface area contributed by atoms with Crippen LogP contribution in [0.15, 0.2) is 47.4 Å². The van der Waals surface area contributed by atoms with Gasteiger partial charge >= 0.3 is 0 Å². The SMILES string of the molecule is CC(=O)Nc1ccc(S(=O)(=O)Nc2ccc3c(c2)CCC(=O)N3C)cc1. The van der Waals surface area contributed by atoms with Gasteiger partial charge in [-0.2, -0.15) is 0 Å². The monoisotopic (exact) mass is 373 g/mol. The molecule has 136 valence electrons. The maximum Gasteiger partial charge on any atom is 0.261 e. The van der Waals surface area contributed by atoms with Gasteiger partial charge in [0, 0.05) is 37.5 Å². The number of sulfonamides is 1. The van der Waals surface area contributed by atoms with Crippen molar-refractivity contribution in [3.05, 3.63) is 48.0 Å². The lowest BCUT2D eigenvalue weighted by atomic mass is 10.0. The van der Waals surface area contributed by atoms with E-state index in [9.17, 15) is 18.0 Å². The number of fused-ring (bicyclic) bond motifs is 1. The number of nitrogens with zero attached hydrogens (tertiary/aromatic N) is 1. The molecular weight excluding hydrogens is 354 g/mol. The van der Waals surface area contributed by atoms with Crippen molar-refractivity contribution in [1.82, 2.24) is 0 Å². The molecule has 0 radical (unpaired) electrons. The van der Waals surface area contributed by atoms with Gasteiger partial charge in [-0.3, -0.25) is 14.3 Å². The number of hydrogen-bond acceptors (Lipinski definition) is 4. The van der Waals surface area contributed by atoms with Crippen LogP contribution in [-0.4, -0.2) is 27.3 Å². The third-order valence-electron chi connectivity index (χ3n) is 4.16. The fraction of sp³-hybridized carbons (Fsp3) is 0.222. The Kier molecular flexibility index (Phi) is 4.69. The number of anilines is 3. The van der Waals surface area contributed by atoms with Gasteiger partial charge in [0.2, 0.25) is 11.8 Å². The van der Waals surface area contributed by atoms with Crippen molar-refractivity contribution >= 4 is 38.9 Å². The van der Waals surface area contributed by atoms with Crippen LogP contribution in [0, 0.1) is 0 Å². The summed E-state index contributed by atoms with van der Waals surface area (Å²) in [6.07, 6.45) is 0.990. The third kappa shape index (κ3) is 3.70. The largest absolute Gasteiger partial charge is 0.326 e. The van der Waals surface area contributed by atoms with E-state index in [0.717, 1.165) is 11.3 Å². The lowest BCUT2D eigenvalue weighted by Gasteiger charge is -2.26. The summed E-state index contributed by atoms with van der Waals surface area (Å²) in [7, 11) is -2.04. The van der Waals surface area contributed by atoms with Crippen molar-refractivity contribution in [3.63, 3.8) is 0 Å². The molecular formula is C18H19N3O4S. The Labute approximate surface area is 152 Å². The zero-order chi connectivity index (χ0) is 18.9. The van der Waals surface area contributed by atoms with Crippen molar-refractivity contribution < 1.29 is 18.0 Å². The maximum atomic E-state index is 12.6. The highest BCUT2D eigenvalue weighted by molar-refractivity contribution is 7.92. The second-order valence-corrected chi connectivity index (χ2v) is 7.79. The molecule has 1 aliphatic heterocycles. The van der Waals surface area contributed by atoms with Gasteiger partial charge in [0.05, 0.1) is 4.90 Å². The molecule has 2 N–H and O–H groups in total. The fourth-order valence-electron chi connectivity index (χ4n) is 2.85. The first kappa shape index (κ1) is 17.9. The molecule has 1 heterocycles. The number of benzene rings is 2.